The Kier molecular flexibility index (Phi) is 2.05. The normalized spacial score (nSPS) is 30.6. The molecule has 0 aliphatic heterocycles. The molecule has 0 amide bonds. The third-order valence-electron chi connectivity index (χ3n) is 2.64. The van der Waals surface area contributed by atoms with Crippen LogP contribution in [0.15, 0.2) is 30.3 Å². The number of halogens is 1. The van der Waals surface area contributed by atoms with Crippen molar-refractivity contribution in [1.82, 2.24) is 0 Å². The van der Waals surface area contributed by atoms with Crippen LogP contribution in [0.5, 0.6) is 0 Å². The van der Waals surface area contributed by atoms with E-state index in [9.17, 15) is 4.79 Å². The number of hydrogen-bond acceptors (Lipinski definition) is 2. The van der Waals surface area contributed by atoms with Crippen molar-refractivity contribution in [3.8, 4) is 6.07 Å². The summed E-state index contributed by atoms with van der Waals surface area (Å²) in [6.45, 7) is 0. The molecule has 2 nitrogen and oxygen atoms in total. The maximum absolute atomic E-state index is 11.2. The Morgan fingerprint density at radius 1 is 1.43 bits per heavy atom. The van der Waals surface area contributed by atoms with Crippen LogP contribution in [-0.2, 0) is 4.79 Å². The summed E-state index contributed by atoms with van der Waals surface area (Å²) in [6, 6.07) is 11.3. The van der Waals surface area contributed by atoms with Gasteiger partial charge in [0.25, 0.3) is 0 Å². The Morgan fingerprint density at radius 2 is 2.07 bits per heavy atom. The van der Waals surface area contributed by atoms with E-state index in [0.717, 1.165) is 5.56 Å². The largest absolute Gasteiger partial charge is 0.296 e. The summed E-state index contributed by atoms with van der Waals surface area (Å²) in [5.41, 5.74) is 0.962. The Morgan fingerprint density at radius 3 is 2.57 bits per heavy atom. The topological polar surface area (TPSA) is 40.9 Å². The van der Waals surface area contributed by atoms with Crippen LogP contribution < -0.4 is 0 Å². The third-order valence-corrected chi connectivity index (χ3v) is 3.20. The van der Waals surface area contributed by atoms with Crippen molar-refractivity contribution < 1.29 is 4.79 Å². The van der Waals surface area contributed by atoms with E-state index < -0.39 is 4.87 Å². The van der Waals surface area contributed by atoms with Crippen molar-refractivity contribution >= 4 is 17.4 Å². The number of Topliss-reactive ketones (excluding diaryl/α,β-unsaturated/α-hetero) is 1. The summed E-state index contributed by atoms with van der Waals surface area (Å²) < 4.78 is 0. The van der Waals surface area contributed by atoms with Gasteiger partial charge < -0.3 is 0 Å². The fourth-order valence-electron chi connectivity index (χ4n) is 1.71. The van der Waals surface area contributed by atoms with Gasteiger partial charge in [-0.05, 0) is 5.56 Å². The smallest absolute Gasteiger partial charge is 0.195 e. The second-order valence-electron chi connectivity index (χ2n) is 3.41. The highest BCUT2D eigenvalue weighted by Crippen LogP contribution is 2.47. The standard InChI is InChI=1S/C11H8ClNO/c12-11(7-13)9(6-10(11)14)8-4-2-1-3-5-8/h1-5,9H,6H2/t9-,11+/m1/s1. The zero-order valence-corrected chi connectivity index (χ0v) is 8.16. The molecule has 1 aromatic rings. The summed E-state index contributed by atoms with van der Waals surface area (Å²) in [5.74, 6) is -0.321. The average Bonchev–Trinajstić information content (AvgIpc) is 2.25. The van der Waals surface area contributed by atoms with Gasteiger partial charge in [0.15, 0.2) is 10.7 Å². The molecular weight excluding hydrogens is 198 g/mol. The molecule has 14 heavy (non-hydrogen) atoms. The Hall–Kier alpha value is -1.33. The van der Waals surface area contributed by atoms with Crippen LogP contribution in [0.2, 0.25) is 0 Å². The van der Waals surface area contributed by atoms with E-state index in [1.165, 1.54) is 0 Å². The molecule has 1 aliphatic rings. The SMILES string of the molecule is N#C[C@@]1(Cl)C(=O)C[C@@H]1c1ccccc1. The number of rotatable bonds is 1. The number of carbonyl (C=O) groups excluding carboxylic acids is 1. The zero-order chi connectivity index (χ0) is 10.2. The van der Waals surface area contributed by atoms with E-state index in [4.69, 9.17) is 16.9 Å². The van der Waals surface area contributed by atoms with Crippen molar-refractivity contribution in [3.63, 3.8) is 0 Å². The van der Waals surface area contributed by atoms with Gasteiger partial charge in [-0.25, -0.2) is 0 Å². The second kappa shape index (κ2) is 3.11. The molecule has 3 heteroatoms. The van der Waals surface area contributed by atoms with Gasteiger partial charge >= 0.3 is 0 Å². The van der Waals surface area contributed by atoms with Gasteiger partial charge in [-0.2, -0.15) is 5.26 Å². The number of nitrogens with zero attached hydrogens (tertiary/aromatic N) is 1. The molecule has 0 unspecified atom stereocenters. The lowest BCUT2D eigenvalue weighted by Crippen LogP contribution is -2.49. The number of hydrogen-bond donors (Lipinski definition) is 0. The molecular formula is C11H8ClNO. The molecule has 1 fully saturated rings. The van der Waals surface area contributed by atoms with E-state index in [2.05, 4.69) is 0 Å². The first kappa shape index (κ1) is 9.23. The number of alkyl halides is 1. The van der Waals surface area contributed by atoms with Crippen LogP contribution in [0.1, 0.15) is 17.9 Å². The molecule has 1 saturated carbocycles. The first-order chi connectivity index (χ1) is 6.68. The van der Waals surface area contributed by atoms with Gasteiger partial charge in [0.1, 0.15) is 0 Å². The highest BCUT2D eigenvalue weighted by atomic mass is 35.5. The molecule has 1 aromatic carbocycles. The first-order valence-electron chi connectivity index (χ1n) is 4.37. The molecule has 0 radical (unpaired) electrons. The fourth-order valence-corrected chi connectivity index (χ4v) is 1.99. The van der Waals surface area contributed by atoms with E-state index in [-0.39, 0.29) is 11.7 Å². The maximum Gasteiger partial charge on any atom is 0.195 e. The highest BCUT2D eigenvalue weighted by Gasteiger charge is 2.54. The van der Waals surface area contributed by atoms with Gasteiger partial charge in [0, 0.05) is 12.3 Å². The fraction of sp³-hybridized carbons (Fsp3) is 0.273. The van der Waals surface area contributed by atoms with Gasteiger partial charge in [-0.1, -0.05) is 41.9 Å². The zero-order valence-electron chi connectivity index (χ0n) is 7.40. The molecule has 0 aromatic heterocycles. The molecule has 0 heterocycles. The van der Waals surface area contributed by atoms with E-state index in [0.29, 0.717) is 6.42 Å². The van der Waals surface area contributed by atoms with Crippen LogP contribution in [-0.4, -0.2) is 10.7 Å². The molecule has 2 rings (SSSR count). The van der Waals surface area contributed by atoms with Gasteiger partial charge in [0.05, 0.1) is 6.07 Å². The summed E-state index contributed by atoms with van der Waals surface area (Å²) in [4.78, 5) is 9.89. The highest BCUT2D eigenvalue weighted by molar-refractivity contribution is 6.41. The Bertz CT molecular complexity index is 409. The first-order valence-corrected chi connectivity index (χ1v) is 4.74. The number of ketones is 1. The van der Waals surface area contributed by atoms with Gasteiger partial charge in [-0.3, -0.25) is 4.79 Å². The van der Waals surface area contributed by atoms with Crippen LogP contribution in [0.25, 0.3) is 0 Å². The van der Waals surface area contributed by atoms with E-state index >= 15 is 0 Å². The minimum atomic E-state index is -1.32. The quantitative estimate of drug-likeness (QED) is 0.660. The van der Waals surface area contributed by atoms with Gasteiger partial charge in [0.2, 0.25) is 0 Å². The van der Waals surface area contributed by atoms with Crippen molar-refractivity contribution in [2.24, 2.45) is 0 Å². The Balaban J connectivity index is 2.33. The number of benzene rings is 1. The predicted octanol–water partition coefficient (Wildman–Crippen LogP) is 2.24. The summed E-state index contributed by atoms with van der Waals surface area (Å²) in [7, 11) is 0. The molecule has 0 saturated heterocycles. The van der Waals surface area contributed by atoms with Gasteiger partial charge in [-0.15, -0.1) is 0 Å². The lowest BCUT2D eigenvalue weighted by molar-refractivity contribution is -0.126. The maximum atomic E-state index is 11.2. The minimum absolute atomic E-state index is 0.150. The number of nitriles is 1. The van der Waals surface area contributed by atoms with Crippen LogP contribution in [0.3, 0.4) is 0 Å². The van der Waals surface area contributed by atoms with E-state index in [1.54, 1.807) is 0 Å². The molecule has 0 N–H and O–H groups in total. The second-order valence-corrected chi connectivity index (χ2v) is 4.01. The summed E-state index contributed by atoms with van der Waals surface area (Å²) in [5, 5.41) is 8.84. The summed E-state index contributed by atoms with van der Waals surface area (Å²) >= 11 is 5.93. The average molecular weight is 206 g/mol. The van der Waals surface area contributed by atoms with Crippen LogP contribution in [0, 0.1) is 11.3 Å². The number of carbonyl (C=O) groups is 1. The van der Waals surface area contributed by atoms with Crippen LogP contribution >= 0.6 is 11.6 Å². The molecule has 70 valence electrons. The molecule has 0 spiro atoms. The predicted molar refractivity (Wildman–Crippen MR) is 53.0 cm³/mol. The molecule has 1 aliphatic carbocycles. The van der Waals surface area contributed by atoms with Crippen molar-refractivity contribution in [2.75, 3.05) is 0 Å². The lowest BCUT2D eigenvalue weighted by atomic mass is 9.69. The monoisotopic (exact) mass is 205 g/mol. The summed E-state index contributed by atoms with van der Waals surface area (Å²) in [6.07, 6.45) is 0.376. The minimum Gasteiger partial charge on any atom is -0.296 e. The lowest BCUT2D eigenvalue weighted by Gasteiger charge is -2.37. The molecule has 0 bridgehead atoms. The molecule has 2 atom stereocenters. The van der Waals surface area contributed by atoms with Crippen molar-refractivity contribution in [3.05, 3.63) is 35.9 Å². The van der Waals surface area contributed by atoms with E-state index in [1.807, 2.05) is 36.4 Å². The van der Waals surface area contributed by atoms with Crippen molar-refractivity contribution in [1.29, 1.82) is 5.26 Å². The van der Waals surface area contributed by atoms with Crippen LogP contribution in [0.4, 0.5) is 0 Å². The van der Waals surface area contributed by atoms with Crippen molar-refractivity contribution in [2.45, 2.75) is 17.2 Å². The third kappa shape index (κ3) is 1.13. The Labute approximate surface area is 87.1 Å².